The lowest BCUT2D eigenvalue weighted by atomic mass is 9.70. The first-order valence-corrected chi connectivity index (χ1v) is 13.6. The van der Waals surface area contributed by atoms with E-state index in [2.05, 4.69) is 16.0 Å². The Morgan fingerprint density at radius 1 is 0.875 bits per heavy atom. The SMILES string of the molecule is Cc1cc(C)c(NC(=O)Nc2cc(-c3cccc(F)c3)ccc2C(=O)N[C@H](C(=O)O)C2(C)CCCCC2)c(C)c1. The molecule has 210 valence electrons. The molecule has 1 atom stereocenters. The topological polar surface area (TPSA) is 108 Å². The highest BCUT2D eigenvalue weighted by molar-refractivity contribution is 6.08. The van der Waals surface area contributed by atoms with Crippen LogP contribution in [0.5, 0.6) is 0 Å². The fourth-order valence-electron chi connectivity index (χ4n) is 5.73. The van der Waals surface area contributed by atoms with Gasteiger partial charge in [0.05, 0.1) is 11.3 Å². The molecule has 0 bridgehead atoms. The number of halogens is 1. The van der Waals surface area contributed by atoms with Gasteiger partial charge in [0, 0.05) is 5.69 Å². The van der Waals surface area contributed by atoms with E-state index < -0.39 is 35.2 Å². The second-order valence-electron chi connectivity index (χ2n) is 11.1. The molecule has 3 aromatic rings. The molecular weight excluding hydrogens is 509 g/mol. The minimum Gasteiger partial charge on any atom is -0.480 e. The highest BCUT2D eigenvalue weighted by atomic mass is 19.1. The molecule has 1 aliphatic rings. The second kappa shape index (κ2) is 11.9. The summed E-state index contributed by atoms with van der Waals surface area (Å²) >= 11 is 0. The molecule has 1 fully saturated rings. The number of carbonyl (C=O) groups is 3. The summed E-state index contributed by atoms with van der Waals surface area (Å²) in [5.74, 6) is -2.11. The Labute approximate surface area is 234 Å². The Morgan fingerprint density at radius 3 is 2.15 bits per heavy atom. The molecule has 1 aliphatic carbocycles. The van der Waals surface area contributed by atoms with E-state index in [1.807, 2.05) is 39.8 Å². The van der Waals surface area contributed by atoms with Crippen molar-refractivity contribution in [3.8, 4) is 11.1 Å². The van der Waals surface area contributed by atoms with Gasteiger partial charge in [-0.1, -0.05) is 62.1 Å². The molecule has 0 radical (unpaired) electrons. The highest BCUT2D eigenvalue weighted by Gasteiger charge is 2.41. The maximum Gasteiger partial charge on any atom is 0.326 e. The van der Waals surface area contributed by atoms with E-state index in [0.717, 1.165) is 36.0 Å². The third kappa shape index (κ3) is 6.50. The molecule has 0 spiro atoms. The summed E-state index contributed by atoms with van der Waals surface area (Å²) in [4.78, 5) is 39.0. The molecule has 40 heavy (non-hydrogen) atoms. The molecular formula is C32H36FN3O4. The van der Waals surface area contributed by atoms with Crippen LogP contribution in [-0.4, -0.2) is 29.1 Å². The van der Waals surface area contributed by atoms with Gasteiger partial charge in [-0.05, 0) is 85.5 Å². The number of carboxylic acid groups (broad SMARTS) is 1. The van der Waals surface area contributed by atoms with E-state index in [1.54, 1.807) is 24.3 Å². The molecule has 0 aliphatic heterocycles. The van der Waals surface area contributed by atoms with Crippen LogP contribution in [0.2, 0.25) is 0 Å². The number of benzene rings is 3. The maximum absolute atomic E-state index is 13.9. The van der Waals surface area contributed by atoms with Crippen molar-refractivity contribution in [2.45, 2.75) is 65.8 Å². The number of rotatable bonds is 7. The van der Waals surface area contributed by atoms with Gasteiger partial charge in [-0.25, -0.2) is 14.0 Å². The lowest BCUT2D eigenvalue weighted by Crippen LogP contribution is -2.52. The highest BCUT2D eigenvalue weighted by Crippen LogP contribution is 2.39. The smallest absolute Gasteiger partial charge is 0.326 e. The predicted molar refractivity (Wildman–Crippen MR) is 155 cm³/mol. The summed E-state index contributed by atoms with van der Waals surface area (Å²) < 4.78 is 13.9. The van der Waals surface area contributed by atoms with Crippen LogP contribution in [0, 0.1) is 32.0 Å². The standard InChI is InChI=1S/C32H36FN3O4/c1-19-15-20(2)27(21(3)16-19)35-31(40)34-26-18-23(22-9-8-10-24(33)17-22)11-12-25(26)29(37)36-28(30(38)39)32(4)13-6-5-7-14-32/h8-12,15-18,28H,5-7,13-14H2,1-4H3,(H,36,37)(H,38,39)(H2,34,35,40)/t28-/m1/s1. The van der Waals surface area contributed by atoms with Crippen LogP contribution < -0.4 is 16.0 Å². The molecule has 4 rings (SSSR count). The van der Waals surface area contributed by atoms with E-state index in [1.165, 1.54) is 18.2 Å². The lowest BCUT2D eigenvalue weighted by Gasteiger charge is -2.38. The molecule has 8 heteroatoms. The predicted octanol–water partition coefficient (Wildman–Crippen LogP) is 7.22. The van der Waals surface area contributed by atoms with Gasteiger partial charge in [0.2, 0.25) is 0 Å². The van der Waals surface area contributed by atoms with Crippen LogP contribution in [-0.2, 0) is 4.79 Å². The van der Waals surface area contributed by atoms with Crippen molar-refractivity contribution in [1.29, 1.82) is 0 Å². The zero-order valence-electron chi connectivity index (χ0n) is 23.4. The van der Waals surface area contributed by atoms with Crippen LogP contribution in [0.1, 0.15) is 66.1 Å². The van der Waals surface area contributed by atoms with Crippen molar-refractivity contribution in [2.75, 3.05) is 10.6 Å². The van der Waals surface area contributed by atoms with Gasteiger partial charge >= 0.3 is 12.0 Å². The fraction of sp³-hybridized carbons (Fsp3) is 0.344. The number of hydrogen-bond acceptors (Lipinski definition) is 3. The molecule has 1 saturated carbocycles. The largest absolute Gasteiger partial charge is 0.480 e. The van der Waals surface area contributed by atoms with Crippen LogP contribution in [0.3, 0.4) is 0 Å². The summed E-state index contributed by atoms with van der Waals surface area (Å²) in [5, 5.41) is 18.4. The summed E-state index contributed by atoms with van der Waals surface area (Å²) in [6.45, 7) is 7.68. The first kappa shape index (κ1) is 28.8. The number of aliphatic carboxylic acids is 1. The Balaban J connectivity index is 1.67. The average molecular weight is 546 g/mol. The Hall–Kier alpha value is -4.20. The van der Waals surface area contributed by atoms with Crippen molar-refractivity contribution in [3.63, 3.8) is 0 Å². The van der Waals surface area contributed by atoms with Crippen LogP contribution >= 0.6 is 0 Å². The Morgan fingerprint density at radius 2 is 1.52 bits per heavy atom. The van der Waals surface area contributed by atoms with Crippen molar-refractivity contribution in [3.05, 3.63) is 82.7 Å². The summed E-state index contributed by atoms with van der Waals surface area (Å²) in [6.07, 6.45) is 4.25. The van der Waals surface area contributed by atoms with E-state index in [9.17, 15) is 23.9 Å². The second-order valence-corrected chi connectivity index (χ2v) is 11.1. The number of amides is 3. The van der Waals surface area contributed by atoms with Gasteiger partial charge in [-0.15, -0.1) is 0 Å². The van der Waals surface area contributed by atoms with Gasteiger partial charge in [-0.2, -0.15) is 0 Å². The summed E-state index contributed by atoms with van der Waals surface area (Å²) in [5.41, 5.74) is 4.38. The van der Waals surface area contributed by atoms with E-state index in [0.29, 0.717) is 29.7 Å². The Bertz CT molecular complexity index is 1420. The zero-order chi connectivity index (χ0) is 29.0. The van der Waals surface area contributed by atoms with Gasteiger partial charge < -0.3 is 21.1 Å². The van der Waals surface area contributed by atoms with Gasteiger partial charge in [-0.3, -0.25) is 4.79 Å². The minimum absolute atomic E-state index is 0.110. The molecule has 0 heterocycles. The van der Waals surface area contributed by atoms with Crippen molar-refractivity contribution in [2.24, 2.45) is 5.41 Å². The number of carbonyl (C=O) groups excluding carboxylic acids is 2. The number of urea groups is 1. The third-order valence-corrected chi connectivity index (χ3v) is 7.80. The zero-order valence-corrected chi connectivity index (χ0v) is 23.4. The van der Waals surface area contributed by atoms with Crippen molar-refractivity contribution < 1.29 is 23.9 Å². The molecule has 0 aromatic heterocycles. The van der Waals surface area contributed by atoms with Crippen LogP contribution in [0.4, 0.5) is 20.6 Å². The monoisotopic (exact) mass is 545 g/mol. The summed E-state index contributed by atoms with van der Waals surface area (Å²) in [7, 11) is 0. The fourth-order valence-corrected chi connectivity index (χ4v) is 5.73. The quantitative estimate of drug-likeness (QED) is 0.251. The van der Waals surface area contributed by atoms with E-state index in [-0.39, 0.29) is 11.3 Å². The molecule has 0 saturated heterocycles. The number of nitrogens with one attached hydrogen (secondary N) is 3. The summed E-state index contributed by atoms with van der Waals surface area (Å²) in [6, 6.07) is 13.1. The van der Waals surface area contributed by atoms with Gasteiger partial charge in [0.15, 0.2) is 0 Å². The molecule has 7 nitrogen and oxygen atoms in total. The van der Waals surface area contributed by atoms with Crippen molar-refractivity contribution >= 4 is 29.3 Å². The number of anilines is 2. The van der Waals surface area contributed by atoms with E-state index >= 15 is 0 Å². The first-order chi connectivity index (χ1) is 19.0. The molecule has 0 unspecified atom stereocenters. The normalized spacial score (nSPS) is 15.1. The average Bonchev–Trinajstić information content (AvgIpc) is 2.89. The molecule has 4 N–H and O–H groups in total. The van der Waals surface area contributed by atoms with Crippen LogP contribution in [0.15, 0.2) is 54.6 Å². The van der Waals surface area contributed by atoms with Crippen LogP contribution in [0.25, 0.3) is 11.1 Å². The molecule has 3 amide bonds. The first-order valence-electron chi connectivity index (χ1n) is 13.6. The van der Waals surface area contributed by atoms with Crippen molar-refractivity contribution in [1.82, 2.24) is 5.32 Å². The number of carboxylic acids is 1. The Kier molecular flexibility index (Phi) is 8.57. The number of aryl methyl sites for hydroxylation is 3. The maximum atomic E-state index is 13.9. The lowest BCUT2D eigenvalue weighted by molar-refractivity contribution is -0.143. The van der Waals surface area contributed by atoms with Gasteiger partial charge in [0.1, 0.15) is 11.9 Å². The van der Waals surface area contributed by atoms with Gasteiger partial charge in [0.25, 0.3) is 5.91 Å². The number of hydrogen-bond donors (Lipinski definition) is 4. The third-order valence-electron chi connectivity index (χ3n) is 7.80. The minimum atomic E-state index is -1.09. The van der Waals surface area contributed by atoms with E-state index in [4.69, 9.17) is 0 Å². The molecule has 3 aromatic carbocycles.